The normalized spacial score (nSPS) is 20.9. The van der Waals surface area contributed by atoms with Crippen molar-refractivity contribution in [2.75, 3.05) is 13.1 Å². The fraction of sp³-hybridized carbons (Fsp3) is 0.423. The first-order valence-electron chi connectivity index (χ1n) is 11.8. The van der Waals surface area contributed by atoms with Crippen LogP contribution >= 0.6 is 0 Å². The number of nitrogens with zero attached hydrogens (tertiary/aromatic N) is 5. The quantitative estimate of drug-likeness (QED) is 0.469. The van der Waals surface area contributed by atoms with Gasteiger partial charge in [0.2, 0.25) is 0 Å². The molecule has 1 saturated carbocycles. The van der Waals surface area contributed by atoms with Gasteiger partial charge in [-0.2, -0.15) is 0 Å². The zero-order chi connectivity index (χ0) is 21.8. The Bertz CT molecular complexity index is 1330. The molecule has 2 fully saturated rings. The number of aryl methyl sites for hydroxylation is 2. The highest BCUT2D eigenvalue weighted by Crippen LogP contribution is 2.38. The maximum atomic E-state index is 13.3. The molecule has 0 unspecified atom stereocenters. The van der Waals surface area contributed by atoms with Crippen LogP contribution in [0.15, 0.2) is 42.6 Å². The number of hydrogen-bond donors (Lipinski definition) is 0. The average molecular weight is 428 g/mol. The van der Waals surface area contributed by atoms with Crippen molar-refractivity contribution >= 4 is 28.0 Å². The largest absolute Gasteiger partial charge is 0.338 e. The van der Waals surface area contributed by atoms with Crippen molar-refractivity contribution < 1.29 is 4.79 Å². The van der Waals surface area contributed by atoms with Gasteiger partial charge in [-0.05, 0) is 68.0 Å². The summed E-state index contributed by atoms with van der Waals surface area (Å²) in [6.45, 7) is 4.75. The summed E-state index contributed by atoms with van der Waals surface area (Å²) in [4.78, 5) is 24.9. The lowest BCUT2D eigenvalue weighted by molar-refractivity contribution is 0.0627. The number of piperidine rings is 1. The Morgan fingerprint density at radius 3 is 2.88 bits per heavy atom. The molecule has 6 nitrogen and oxygen atoms in total. The number of carbonyl (C=O) groups excluding carboxylic acids is 1. The Hall–Kier alpha value is -3.15. The maximum absolute atomic E-state index is 13.3. The summed E-state index contributed by atoms with van der Waals surface area (Å²) in [6.07, 6.45) is 6.93. The summed E-state index contributed by atoms with van der Waals surface area (Å²) in [5.41, 5.74) is 4.67. The van der Waals surface area contributed by atoms with Crippen LogP contribution in [0.5, 0.6) is 0 Å². The lowest BCUT2D eigenvalue weighted by Crippen LogP contribution is -2.42. The van der Waals surface area contributed by atoms with Crippen molar-refractivity contribution in [2.24, 2.45) is 18.9 Å². The summed E-state index contributed by atoms with van der Waals surface area (Å²) < 4.78 is 4.32. The van der Waals surface area contributed by atoms with Crippen LogP contribution in [-0.4, -0.2) is 43.0 Å². The first kappa shape index (κ1) is 19.5. The van der Waals surface area contributed by atoms with E-state index in [0.29, 0.717) is 5.92 Å². The summed E-state index contributed by atoms with van der Waals surface area (Å²) in [5.74, 6) is 2.58. The van der Waals surface area contributed by atoms with Crippen LogP contribution in [0.25, 0.3) is 33.6 Å². The fourth-order valence-electron chi connectivity index (χ4n) is 5.95. The standard InChI is InChI=1S/C26H29N5O/c1-3-31-23(15-18-8-5-12-27-24(18)31)25-28-21-14-19(9-10-22(21)29(25)2)26(32)30-13-11-17-6-4-7-20(17)16-30/h5,8-10,12,14-15,17,20H,3-4,6-7,11,13,16H2,1-2H3/t17-,20+/m1/s1. The molecule has 1 aliphatic carbocycles. The van der Waals surface area contributed by atoms with E-state index in [2.05, 4.69) is 38.1 Å². The van der Waals surface area contributed by atoms with Crippen molar-refractivity contribution in [1.82, 2.24) is 24.0 Å². The van der Waals surface area contributed by atoms with Crippen LogP contribution in [-0.2, 0) is 13.6 Å². The SMILES string of the molecule is CCn1c(-c2nc3cc(C(=O)N4CC[C@H]5CCC[C@H]5C4)ccc3n2C)cc2cccnc21. The highest BCUT2D eigenvalue weighted by Gasteiger charge is 2.34. The van der Waals surface area contributed by atoms with Crippen LogP contribution in [0.4, 0.5) is 0 Å². The summed E-state index contributed by atoms with van der Waals surface area (Å²) >= 11 is 0. The van der Waals surface area contributed by atoms with Gasteiger partial charge in [-0.1, -0.05) is 12.8 Å². The van der Waals surface area contributed by atoms with Crippen LogP contribution < -0.4 is 0 Å². The number of fused-ring (bicyclic) bond motifs is 3. The number of rotatable bonds is 3. The summed E-state index contributed by atoms with van der Waals surface area (Å²) in [7, 11) is 2.04. The number of imidazole rings is 1. The van der Waals surface area contributed by atoms with Gasteiger partial charge < -0.3 is 14.0 Å². The molecule has 1 aliphatic heterocycles. The Balaban J connectivity index is 1.37. The number of likely N-dealkylation sites (tertiary alicyclic amines) is 1. The van der Waals surface area contributed by atoms with Crippen LogP contribution in [0.1, 0.15) is 43.0 Å². The van der Waals surface area contributed by atoms with E-state index < -0.39 is 0 Å². The first-order valence-corrected chi connectivity index (χ1v) is 11.8. The Morgan fingerprint density at radius 2 is 2.00 bits per heavy atom. The third kappa shape index (κ3) is 2.96. The number of pyridine rings is 1. The smallest absolute Gasteiger partial charge is 0.253 e. The second-order valence-corrected chi connectivity index (χ2v) is 9.38. The van der Waals surface area contributed by atoms with Crippen molar-refractivity contribution in [3.8, 4) is 11.5 Å². The predicted octanol–water partition coefficient (Wildman–Crippen LogP) is 4.87. The molecular formula is C26H29N5O. The number of aromatic nitrogens is 4. The molecule has 3 aromatic heterocycles. The van der Waals surface area contributed by atoms with E-state index in [4.69, 9.17) is 4.98 Å². The number of amides is 1. The summed E-state index contributed by atoms with van der Waals surface area (Å²) in [5, 5.41) is 1.11. The highest BCUT2D eigenvalue weighted by molar-refractivity contribution is 5.98. The van der Waals surface area contributed by atoms with Crippen molar-refractivity contribution in [1.29, 1.82) is 0 Å². The molecular weight excluding hydrogens is 398 g/mol. The molecule has 0 N–H and O–H groups in total. The van der Waals surface area contributed by atoms with E-state index in [1.165, 1.54) is 19.3 Å². The van der Waals surface area contributed by atoms with Gasteiger partial charge in [0.25, 0.3) is 5.91 Å². The second-order valence-electron chi connectivity index (χ2n) is 9.38. The molecule has 4 heterocycles. The minimum absolute atomic E-state index is 0.149. The third-order valence-corrected chi connectivity index (χ3v) is 7.66. The maximum Gasteiger partial charge on any atom is 0.253 e. The van der Waals surface area contributed by atoms with Gasteiger partial charge in [-0.25, -0.2) is 9.97 Å². The lowest BCUT2D eigenvalue weighted by atomic mass is 9.88. The van der Waals surface area contributed by atoms with Crippen molar-refractivity contribution in [3.63, 3.8) is 0 Å². The monoisotopic (exact) mass is 427 g/mol. The van der Waals surface area contributed by atoms with E-state index >= 15 is 0 Å². The molecule has 0 bridgehead atoms. The van der Waals surface area contributed by atoms with Gasteiger partial charge in [0.05, 0.1) is 16.7 Å². The molecule has 1 aromatic carbocycles. The van der Waals surface area contributed by atoms with Crippen LogP contribution in [0.3, 0.4) is 0 Å². The predicted molar refractivity (Wildman–Crippen MR) is 126 cm³/mol. The van der Waals surface area contributed by atoms with Gasteiger partial charge in [0.15, 0.2) is 5.82 Å². The minimum Gasteiger partial charge on any atom is -0.338 e. The van der Waals surface area contributed by atoms with Crippen LogP contribution in [0, 0.1) is 11.8 Å². The molecule has 1 amide bonds. The van der Waals surface area contributed by atoms with Gasteiger partial charge in [0, 0.05) is 43.8 Å². The number of hydrogen-bond acceptors (Lipinski definition) is 3. The van der Waals surface area contributed by atoms with Gasteiger partial charge >= 0.3 is 0 Å². The molecule has 2 atom stereocenters. The first-order chi connectivity index (χ1) is 15.6. The molecule has 4 aromatic rings. The molecule has 164 valence electrons. The zero-order valence-electron chi connectivity index (χ0n) is 18.8. The Kier molecular flexibility index (Phi) is 4.56. The number of carbonyl (C=O) groups is 1. The van der Waals surface area contributed by atoms with E-state index in [1.807, 2.05) is 37.5 Å². The summed E-state index contributed by atoms with van der Waals surface area (Å²) in [6, 6.07) is 12.2. The lowest BCUT2D eigenvalue weighted by Gasteiger charge is -2.35. The Labute approximate surface area is 187 Å². The fourth-order valence-corrected chi connectivity index (χ4v) is 5.95. The van der Waals surface area contributed by atoms with Crippen LogP contribution in [0.2, 0.25) is 0 Å². The zero-order valence-corrected chi connectivity index (χ0v) is 18.8. The van der Waals surface area contributed by atoms with Gasteiger partial charge in [-0.3, -0.25) is 4.79 Å². The molecule has 6 rings (SSSR count). The van der Waals surface area contributed by atoms with E-state index in [9.17, 15) is 4.79 Å². The van der Waals surface area contributed by atoms with E-state index in [0.717, 1.165) is 71.1 Å². The number of benzene rings is 1. The molecule has 1 saturated heterocycles. The van der Waals surface area contributed by atoms with E-state index in [-0.39, 0.29) is 5.91 Å². The third-order valence-electron chi connectivity index (χ3n) is 7.66. The molecule has 0 radical (unpaired) electrons. The van der Waals surface area contributed by atoms with E-state index in [1.54, 1.807) is 0 Å². The van der Waals surface area contributed by atoms with Crippen molar-refractivity contribution in [3.05, 3.63) is 48.2 Å². The van der Waals surface area contributed by atoms with Crippen molar-refractivity contribution in [2.45, 2.75) is 39.2 Å². The molecule has 32 heavy (non-hydrogen) atoms. The average Bonchev–Trinajstić information content (AvgIpc) is 3.52. The molecule has 6 heteroatoms. The minimum atomic E-state index is 0.149. The topological polar surface area (TPSA) is 56.0 Å². The molecule has 0 spiro atoms. The van der Waals surface area contributed by atoms with Gasteiger partial charge in [-0.15, -0.1) is 0 Å². The second kappa shape index (κ2) is 7.47. The van der Waals surface area contributed by atoms with Gasteiger partial charge in [0.1, 0.15) is 5.65 Å². The Morgan fingerprint density at radius 1 is 1.12 bits per heavy atom. The highest BCUT2D eigenvalue weighted by atomic mass is 16.2. The molecule has 2 aliphatic rings.